The monoisotopic (exact) mass is 178 g/mol. The summed E-state index contributed by atoms with van der Waals surface area (Å²) in [5.41, 5.74) is 2.36. The zero-order valence-electron chi connectivity index (χ0n) is 7.26. The van der Waals surface area contributed by atoms with Crippen LogP contribution in [0.15, 0.2) is 12.3 Å². The first-order valence-electron chi connectivity index (χ1n) is 4.73. The zero-order valence-corrected chi connectivity index (χ0v) is 7.26. The summed E-state index contributed by atoms with van der Waals surface area (Å²) in [6, 6.07) is 2.59. The van der Waals surface area contributed by atoms with E-state index in [0.29, 0.717) is 12.1 Å². The summed E-state index contributed by atoms with van der Waals surface area (Å²) in [5.74, 6) is -0.347. The molecule has 0 radical (unpaired) electrons. The maximum atomic E-state index is 12.8. The van der Waals surface area contributed by atoms with Crippen LogP contribution in [0.5, 0.6) is 0 Å². The van der Waals surface area contributed by atoms with Gasteiger partial charge in [-0.05, 0) is 36.5 Å². The average molecular weight is 178 g/mol. The topological polar surface area (TPSA) is 24.9 Å². The minimum absolute atomic E-state index is 0.347. The summed E-state index contributed by atoms with van der Waals surface area (Å²) in [6.07, 6.45) is 5.03. The first-order chi connectivity index (χ1) is 6.33. The Bertz CT molecular complexity index is 351. The van der Waals surface area contributed by atoms with E-state index in [2.05, 4.69) is 10.3 Å². The minimum Gasteiger partial charge on any atom is -0.307 e. The Morgan fingerprint density at radius 2 is 2.38 bits per heavy atom. The number of rotatable bonds is 0. The van der Waals surface area contributed by atoms with Crippen LogP contribution >= 0.6 is 0 Å². The molecule has 0 saturated carbocycles. The van der Waals surface area contributed by atoms with Crippen molar-refractivity contribution < 1.29 is 4.39 Å². The predicted molar refractivity (Wildman–Crippen MR) is 46.8 cm³/mol. The maximum absolute atomic E-state index is 12.8. The molecule has 2 atom stereocenters. The Morgan fingerprint density at radius 1 is 1.46 bits per heavy atom. The van der Waals surface area contributed by atoms with Crippen molar-refractivity contribution in [3.63, 3.8) is 0 Å². The molecule has 0 aliphatic carbocycles. The van der Waals surface area contributed by atoms with E-state index in [-0.39, 0.29) is 5.95 Å². The third kappa shape index (κ3) is 1.07. The molecule has 1 saturated heterocycles. The van der Waals surface area contributed by atoms with Gasteiger partial charge in [0.25, 0.3) is 0 Å². The second-order valence-electron chi connectivity index (χ2n) is 3.90. The van der Waals surface area contributed by atoms with Gasteiger partial charge >= 0.3 is 0 Å². The lowest BCUT2D eigenvalue weighted by Crippen LogP contribution is -2.31. The van der Waals surface area contributed by atoms with E-state index in [0.717, 1.165) is 12.0 Å². The van der Waals surface area contributed by atoms with Crippen LogP contribution in [0.25, 0.3) is 0 Å². The molecule has 1 aromatic rings. The highest BCUT2D eigenvalue weighted by Gasteiger charge is 2.32. The SMILES string of the molecule is Fc1cc2c(cn1)[C@H]1CC[C@@H](C2)N1. The molecular formula is C10H11FN2. The van der Waals surface area contributed by atoms with Crippen LogP contribution in [0.2, 0.25) is 0 Å². The van der Waals surface area contributed by atoms with E-state index in [1.54, 1.807) is 12.3 Å². The molecule has 3 rings (SSSR count). The Labute approximate surface area is 76.2 Å². The summed E-state index contributed by atoms with van der Waals surface area (Å²) in [5, 5.41) is 3.50. The van der Waals surface area contributed by atoms with Crippen LogP contribution in [-0.4, -0.2) is 11.0 Å². The van der Waals surface area contributed by atoms with Gasteiger partial charge in [0.05, 0.1) is 0 Å². The zero-order chi connectivity index (χ0) is 8.84. The van der Waals surface area contributed by atoms with Crippen molar-refractivity contribution in [2.45, 2.75) is 31.3 Å². The molecular weight excluding hydrogens is 167 g/mol. The number of nitrogens with zero attached hydrogens (tertiary/aromatic N) is 1. The molecule has 2 aliphatic rings. The number of halogens is 1. The van der Waals surface area contributed by atoms with Gasteiger partial charge in [-0.25, -0.2) is 4.98 Å². The molecule has 2 bridgehead atoms. The molecule has 1 aromatic heterocycles. The Morgan fingerprint density at radius 3 is 3.31 bits per heavy atom. The van der Waals surface area contributed by atoms with Gasteiger partial charge < -0.3 is 5.32 Å². The summed E-state index contributed by atoms with van der Waals surface area (Å²) < 4.78 is 12.8. The van der Waals surface area contributed by atoms with Gasteiger partial charge in [-0.1, -0.05) is 0 Å². The van der Waals surface area contributed by atoms with E-state index < -0.39 is 0 Å². The van der Waals surface area contributed by atoms with Gasteiger partial charge in [-0.15, -0.1) is 0 Å². The van der Waals surface area contributed by atoms with Gasteiger partial charge in [0.2, 0.25) is 5.95 Å². The van der Waals surface area contributed by atoms with Crippen molar-refractivity contribution in [2.24, 2.45) is 0 Å². The first kappa shape index (κ1) is 7.44. The Balaban J connectivity index is 2.12. The first-order valence-corrected chi connectivity index (χ1v) is 4.73. The van der Waals surface area contributed by atoms with E-state index >= 15 is 0 Å². The van der Waals surface area contributed by atoms with Crippen LogP contribution in [0, 0.1) is 5.95 Å². The van der Waals surface area contributed by atoms with Crippen molar-refractivity contribution in [1.82, 2.24) is 10.3 Å². The van der Waals surface area contributed by atoms with Crippen LogP contribution in [0.1, 0.15) is 30.0 Å². The Hall–Kier alpha value is -0.960. The molecule has 0 unspecified atom stereocenters. The molecule has 68 valence electrons. The largest absolute Gasteiger partial charge is 0.307 e. The van der Waals surface area contributed by atoms with E-state index in [9.17, 15) is 4.39 Å². The van der Waals surface area contributed by atoms with Gasteiger partial charge in [0, 0.05) is 18.3 Å². The van der Waals surface area contributed by atoms with Crippen LogP contribution in [0.3, 0.4) is 0 Å². The number of nitrogens with one attached hydrogen (secondary N) is 1. The van der Waals surface area contributed by atoms with Crippen molar-refractivity contribution in [3.05, 3.63) is 29.3 Å². The van der Waals surface area contributed by atoms with Crippen molar-refractivity contribution in [2.75, 3.05) is 0 Å². The maximum Gasteiger partial charge on any atom is 0.213 e. The van der Waals surface area contributed by atoms with Crippen molar-refractivity contribution in [1.29, 1.82) is 0 Å². The van der Waals surface area contributed by atoms with Crippen LogP contribution < -0.4 is 5.32 Å². The van der Waals surface area contributed by atoms with E-state index in [1.807, 2.05) is 0 Å². The highest BCUT2D eigenvalue weighted by Crippen LogP contribution is 2.35. The fourth-order valence-corrected chi connectivity index (χ4v) is 2.46. The summed E-state index contributed by atoms with van der Waals surface area (Å²) in [4.78, 5) is 3.70. The number of hydrogen-bond donors (Lipinski definition) is 1. The molecule has 13 heavy (non-hydrogen) atoms. The standard InChI is InChI=1S/C10H11FN2/c11-10-4-6-3-7-1-2-9(13-7)8(6)5-12-10/h4-5,7,9,13H,1-3H2/t7-,9+/m0/s1. The third-order valence-electron chi connectivity index (χ3n) is 3.07. The summed E-state index contributed by atoms with van der Waals surface area (Å²) in [7, 11) is 0. The predicted octanol–water partition coefficient (Wildman–Crippen LogP) is 1.57. The number of hydrogen-bond acceptors (Lipinski definition) is 2. The fourth-order valence-electron chi connectivity index (χ4n) is 2.46. The fraction of sp³-hybridized carbons (Fsp3) is 0.500. The molecule has 3 heteroatoms. The lowest BCUT2D eigenvalue weighted by molar-refractivity contribution is 0.502. The van der Waals surface area contributed by atoms with Gasteiger partial charge in [-0.2, -0.15) is 4.39 Å². The lowest BCUT2D eigenvalue weighted by atomic mass is 9.97. The highest BCUT2D eigenvalue weighted by molar-refractivity contribution is 5.32. The quantitative estimate of drug-likeness (QED) is 0.610. The molecule has 3 heterocycles. The van der Waals surface area contributed by atoms with Gasteiger partial charge in [-0.3, -0.25) is 0 Å². The average Bonchev–Trinajstić information content (AvgIpc) is 2.48. The molecule has 1 N–H and O–H groups in total. The Kier molecular flexibility index (Phi) is 1.44. The molecule has 0 aromatic carbocycles. The van der Waals surface area contributed by atoms with E-state index in [4.69, 9.17) is 0 Å². The highest BCUT2D eigenvalue weighted by atomic mass is 19.1. The minimum atomic E-state index is -0.347. The second-order valence-corrected chi connectivity index (χ2v) is 3.90. The molecule has 1 fully saturated rings. The smallest absolute Gasteiger partial charge is 0.213 e. The normalized spacial score (nSPS) is 30.2. The molecule has 0 amide bonds. The summed E-state index contributed by atoms with van der Waals surface area (Å²) in [6.45, 7) is 0. The van der Waals surface area contributed by atoms with Crippen molar-refractivity contribution >= 4 is 0 Å². The van der Waals surface area contributed by atoms with Crippen molar-refractivity contribution in [3.8, 4) is 0 Å². The molecule has 2 aliphatic heterocycles. The summed E-state index contributed by atoms with van der Waals surface area (Å²) >= 11 is 0. The number of aromatic nitrogens is 1. The lowest BCUT2D eigenvalue weighted by Gasteiger charge is -2.23. The van der Waals surface area contributed by atoms with Gasteiger partial charge in [0.15, 0.2) is 0 Å². The molecule has 0 spiro atoms. The number of pyridine rings is 1. The van der Waals surface area contributed by atoms with Crippen LogP contribution in [-0.2, 0) is 6.42 Å². The van der Waals surface area contributed by atoms with Crippen LogP contribution in [0.4, 0.5) is 4.39 Å². The number of fused-ring (bicyclic) bond motifs is 4. The molecule has 2 nitrogen and oxygen atoms in total. The third-order valence-corrected chi connectivity index (χ3v) is 3.07. The van der Waals surface area contributed by atoms with Gasteiger partial charge in [0.1, 0.15) is 0 Å². The second kappa shape index (κ2) is 2.51. The van der Waals surface area contributed by atoms with E-state index in [1.165, 1.54) is 18.4 Å².